The zero-order valence-electron chi connectivity index (χ0n) is 20.6. The van der Waals surface area contributed by atoms with Gasteiger partial charge < -0.3 is 21.2 Å². The minimum Gasteiger partial charge on any atom is -0.444 e. The first-order valence-corrected chi connectivity index (χ1v) is 12.6. The summed E-state index contributed by atoms with van der Waals surface area (Å²) in [7, 11) is 0. The summed E-state index contributed by atoms with van der Waals surface area (Å²) in [6.45, 7) is 10.2. The molecule has 5 fully saturated rings. The zero-order valence-corrected chi connectivity index (χ0v) is 20.6. The number of carbonyl (C=O) groups is 1. The second kappa shape index (κ2) is 9.34. The molecule has 1 amide bonds. The van der Waals surface area contributed by atoms with Gasteiger partial charge in [0.05, 0.1) is 11.8 Å². The molecule has 0 saturated carbocycles. The van der Waals surface area contributed by atoms with Crippen LogP contribution in [0.2, 0.25) is 0 Å². The van der Waals surface area contributed by atoms with Crippen molar-refractivity contribution in [2.24, 2.45) is 16.9 Å². The van der Waals surface area contributed by atoms with Crippen molar-refractivity contribution in [1.29, 1.82) is 0 Å². The predicted molar refractivity (Wildman–Crippen MR) is 129 cm³/mol. The van der Waals surface area contributed by atoms with Crippen LogP contribution in [0.4, 0.5) is 4.79 Å². The van der Waals surface area contributed by atoms with Gasteiger partial charge in [-0.15, -0.1) is 0 Å². The molecule has 0 spiro atoms. The maximum absolute atomic E-state index is 12.0. The number of hydrogen-bond acceptors (Lipinski definition) is 6. The number of ether oxygens (including phenoxy) is 1. The van der Waals surface area contributed by atoms with E-state index in [9.17, 15) is 4.79 Å². The van der Waals surface area contributed by atoms with Gasteiger partial charge in [-0.2, -0.15) is 5.10 Å². The Balaban J connectivity index is 0.000000127. The Morgan fingerprint density at radius 3 is 2.31 bits per heavy atom. The van der Waals surface area contributed by atoms with Crippen LogP contribution in [0.25, 0.3) is 0 Å². The van der Waals surface area contributed by atoms with Gasteiger partial charge in [-0.25, -0.2) is 4.79 Å². The van der Waals surface area contributed by atoms with Crippen LogP contribution in [-0.2, 0) is 4.74 Å². The van der Waals surface area contributed by atoms with Crippen LogP contribution < -0.4 is 16.5 Å². The topological polar surface area (TPSA) is 92.0 Å². The van der Waals surface area contributed by atoms with Gasteiger partial charge in [0.25, 0.3) is 0 Å². The lowest BCUT2D eigenvalue weighted by Gasteiger charge is -2.27. The van der Waals surface area contributed by atoms with Crippen LogP contribution in [0.1, 0.15) is 86.0 Å². The minimum absolute atomic E-state index is 0.0739. The third kappa shape index (κ3) is 5.14. The number of nitrogens with zero attached hydrogens (tertiary/aromatic N) is 2. The highest BCUT2D eigenvalue weighted by atomic mass is 16.6. The fourth-order valence-electron chi connectivity index (χ4n) is 6.31. The molecular weight excluding hydrogens is 402 g/mol. The molecule has 6 aliphatic heterocycles. The number of hydrogen-bond donors (Lipinski definition) is 3. The van der Waals surface area contributed by atoms with Crippen LogP contribution in [0.3, 0.4) is 0 Å². The van der Waals surface area contributed by atoms with E-state index in [4.69, 9.17) is 10.6 Å². The minimum atomic E-state index is -0.445. The van der Waals surface area contributed by atoms with Crippen molar-refractivity contribution in [3.8, 4) is 0 Å². The van der Waals surface area contributed by atoms with Gasteiger partial charge in [0.2, 0.25) is 0 Å². The Morgan fingerprint density at radius 2 is 1.94 bits per heavy atom. The van der Waals surface area contributed by atoms with Gasteiger partial charge in [-0.05, 0) is 78.6 Å². The smallest absolute Gasteiger partial charge is 0.411 e. The third-order valence-corrected chi connectivity index (χ3v) is 7.92. The van der Waals surface area contributed by atoms with Crippen molar-refractivity contribution in [1.82, 2.24) is 15.5 Å². The summed E-state index contributed by atoms with van der Waals surface area (Å²) in [6.07, 6.45) is 12.0. The van der Waals surface area contributed by atoms with Gasteiger partial charge >= 0.3 is 6.09 Å². The van der Waals surface area contributed by atoms with E-state index in [0.29, 0.717) is 0 Å². The molecule has 0 aromatic rings. The molecular formula is C25H43N5O2. The molecule has 6 heterocycles. The highest BCUT2D eigenvalue weighted by molar-refractivity contribution is 5.96. The first-order chi connectivity index (χ1) is 15.1. The van der Waals surface area contributed by atoms with Crippen molar-refractivity contribution >= 4 is 11.8 Å². The van der Waals surface area contributed by atoms with Gasteiger partial charge in [0.15, 0.2) is 0 Å². The van der Waals surface area contributed by atoms with Crippen molar-refractivity contribution in [2.45, 2.75) is 128 Å². The van der Waals surface area contributed by atoms with E-state index >= 15 is 0 Å². The fourth-order valence-corrected chi connectivity index (χ4v) is 6.31. The normalized spacial score (nSPS) is 39.5. The molecule has 7 nitrogen and oxygen atoms in total. The van der Waals surface area contributed by atoms with Gasteiger partial charge in [0, 0.05) is 36.6 Å². The lowest BCUT2D eigenvalue weighted by Crippen LogP contribution is -2.40. The molecule has 0 aliphatic carbocycles. The van der Waals surface area contributed by atoms with Crippen LogP contribution >= 0.6 is 0 Å². The van der Waals surface area contributed by atoms with Gasteiger partial charge in [-0.1, -0.05) is 18.6 Å². The lowest BCUT2D eigenvalue weighted by molar-refractivity contribution is 0.0229. The Morgan fingerprint density at radius 1 is 1.16 bits per heavy atom. The van der Waals surface area contributed by atoms with Crippen LogP contribution in [0.5, 0.6) is 0 Å². The standard InChI is InChI=1S/C11H19N3O2.C7H13N.C7H11N/c1-11(2,3)16-10(15)14-7-4-5-9(14)8(6-7)13-12;2*1-5-4-6-2-3-7(5)8-6/h7,9H,4-6,12H2,1-3H3;5-8H,2-4H2,1H3;4,6-8H,2-3H2,1H3/b13-8+;;/t7-,9+;5-,6+,7-;6-,7+/m101/s1. The van der Waals surface area contributed by atoms with Crippen molar-refractivity contribution in [3.05, 3.63) is 11.6 Å². The van der Waals surface area contributed by atoms with Crippen molar-refractivity contribution in [3.63, 3.8) is 0 Å². The first-order valence-electron chi connectivity index (χ1n) is 12.6. The average Bonchev–Trinajstić information content (AvgIpc) is 3.54. The molecule has 6 bridgehead atoms. The molecule has 0 unspecified atom stereocenters. The van der Waals surface area contributed by atoms with Crippen molar-refractivity contribution < 1.29 is 9.53 Å². The van der Waals surface area contributed by atoms with E-state index in [1.54, 1.807) is 10.5 Å². The highest BCUT2D eigenvalue weighted by Crippen LogP contribution is 2.36. The van der Waals surface area contributed by atoms with E-state index in [2.05, 4.69) is 35.7 Å². The second-order valence-corrected chi connectivity index (χ2v) is 11.5. The number of carbonyl (C=O) groups excluding carboxylic acids is 1. The first kappa shape index (κ1) is 23.6. The van der Waals surface area contributed by atoms with Crippen LogP contribution in [0, 0.1) is 5.92 Å². The predicted octanol–water partition coefficient (Wildman–Crippen LogP) is 3.69. The second-order valence-electron chi connectivity index (χ2n) is 11.5. The molecule has 0 aromatic carbocycles. The molecule has 0 radical (unpaired) electrons. The summed E-state index contributed by atoms with van der Waals surface area (Å²) in [4.78, 5) is 13.8. The lowest BCUT2D eigenvalue weighted by atomic mass is 9.91. The van der Waals surface area contributed by atoms with E-state index < -0.39 is 5.60 Å². The molecule has 7 atom stereocenters. The summed E-state index contributed by atoms with van der Waals surface area (Å²) in [5.41, 5.74) is 2.04. The van der Waals surface area contributed by atoms with Crippen LogP contribution in [-0.4, -0.2) is 58.6 Å². The third-order valence-electron chi connectivity index (χ3n) is 7.92. The molecule has 6 rings (SSSR count). The van der Waals surface area contributed by atoms with E-state index in [-0.39, 0.29) is 18.2 Å². The summed E-state index contributed by atoms with van der Waals surface area (Å²) in [6, 6.07) is 3.59. The number of amides is 1. The number of nitrogens with two attached hydrogens (primary N) is 1. The van der Waals surface area contributed by atoms with Gasteiger partial charge in [-0.3, -0.25) is 4.90 Å². The number of fused-ring (bicyclic) bond motifs is 6. The summed E-state index contributed by atoms with van der Waals surface area (Å²) in [5.74, 6) is 6.29. The monoisotopic (exact) mass is 445 g/mol. The molecule has 5 saturated heterocycles. The molecule has 0 aromatic heterocycles. The van der Waals surface area contributed by atoms with Gasteiger partial charge in [0.1, 0.15) is 5.60 Å². The number of rotatable bonds is 0. The summed E-state index contributed by atoms with van der Waals surface area (Å²) < 4.78 is 5.39. The number of nitrogens with one attached hydrogen (secondary N) is 2. The Bertz CT molecular complexity index is 756. The quantitative estimate of drug-likeness (QED) is 0.300. The van der Waals surface area contributed by atoms with Crippen LogP contribution in [0.15, 0.2) is 16.8 Å². The van der Waals surface area contributed by atoms with Crippen molar-refractivity contribution in [2.75, 3.05) is 0 Å². The maximum atomic E-state index is 12.0. The summed E-state index contributed by atoms with van der Waals surface area (Å²) in [5, 5.41) is 10.8. The zero-order chi connectivity index (χ0) is 23.0. The molecule has 7 heteroatoms. The SMILES string of the molecule is CC(C)(C)OC(=O)N1[C@@H]2CC[C@H]1/C(=N/N)C2.CC1=C[C@H]2CC[C@@H]1N2.C[C@H]1C[C@H]2CC[C@@H]1N2. The largest absolute Gasteiger partial charge is 0.444 e. The Labute approximate surface area is 193 Å². The Hall–Kier alpha value is -1.60. The summed E-state index contributed by atoms with van der Waals surface area (Å²) >= 11 is 0. The molecule has 4 N–H and O–H groups in total. The highest BCUT2D eigenvalue weighted by Gasteiger charge is 2.48. The molecule has 180 valence electrons. The molecule has 6 aliphatic rings. The van der Waals surface area contributed by atoms with E-state index in [1.807, 2.05) is 20.8 Å². The Kier molecular flexibility index (Phi) is 6.87. The van der Waals surface area contributed by atoms with E-state index in [1.165, 1.54) is 32.1 Å². The molecule has 32 heavy (non-hydrogen) atoms. The van der Waals surface area contributed by atoms with E-state index in [0.717, 1.165) is 55.1 Å². The number of hydrazone groups is 1. The fraction of sp³-hybridized carbons (Fsp3) is 0.840. The average molecular weight is 446 g/mol. The maximum Gasteiger partial charge on any atom is 0.411 e.